The van der Waals surface area contributed by atoms with E-state index in [-0.39, 0.29) is 24.8 Å². The summed E-state index contributed by atoms with van der Waals surface area (Å²) in [6.07, 6.45) is 2.96. The summed E-state index contributed by atoms with van der Waals surface area (Å²) in [7, 11) is 0. The van der Waals surface area contributed by atoms with E-state index >= 15 is 0 Å². The van der Waals surface area contributed by atoms with Gasteiger partial charge in [-0.3, -0.25) is 0 Å². The molecule has 7 heteroatoms. The number of rotatable bonds is 6. The minimum Gasteiger partial charge on any atom is -0.387 e. The van der Waals surface area contributed by atoms with Crippen LogP contribution in [0.15, 0.2) is 5.38 Å². The van der Waals surface area contributed by atoms with Gasteiger partial charge >= 0.3 is 0 Å². The van der Waals surface area contributed by atoms with Crippen molar-refractivity contribution in [3.05, 3.63) is 16.1 Å². The molecule has 0 bridgehead atoms. The summed E-state index contributed by atoms with van der Waals surface area (Å²) in [5.41, 5.74) is 0.585. The van der Waals surface area contributed by atoms with Crippen molar-refractivity contribution < 1.29 is 5.11 Å². The third-order valence-electron chi connectivity index (χ3n) is 3.09. The van der Waals surface area contributed by atoms with Gasteiger partial charge < -0.3 is 15.7 Å². The Morgan fingerprint density at radius 3 is 2.89 bits per heavy atom. The van der Waals surface area contributed by atoms with Gasteiger partial charge in [0.2, 0.25) is 0 Å². The zero-order valence-corrected chi connectivity index (χ0v) is 13.6. The highest BCUT2D eigenvalue weighted by Gasteiger charge is 2.29. The van der Waals surface area contributed by atoms with Crippen LogP contribution in [0.4, 0.5) is 0 Å². The van der Waals surface area contributed by atoms with Crippen molar-refractivity contribution in [2.75, 3.05) is 26.2 Å². The van der Waals surface area contributed by atoms with Crippen molar-refractivity contribution in [1.29, 1.82) is 0 Å². The van der Waals surface area contributed by atoms with Crippen molar-refractivity contribution in [2.24, 2.45) is 0 Å². The molecule has 2 heterocycles. The summed E-state index contributed by atoms with van der Waals surface area (Å²) in [5, 5.41) is 19.9. The number of aryl methyl sites for hydroxylation is 2. The van der Waals surface area contributed by atoms with E-state index < -0.39 is 5.60 Å². The second-order valence-corrected chi connectivity index (χ2v) is 5.76. The Morgan fingerprint density at radius 2 is 2.32 bits per heavy atom. The van der Waals surface area contributed by atoms with E-state index in [0.717, 1.165) is 38.0 Å². The molecule has 2 rings (SSSR count). The lowest BCUT2D eigenvalue weighted by Gasteiger charge is -2.21. The first-order valence-corrected chi connectivity index (χ1v) is 7.11. The molecule has 0 radical (unpaired) electrons. The molecule has 112 valence electrons. The molecule has 1 aliphatic heterocycles. The Bertz CT molecular complexity index is 356. The van der Waals surface area contributed by atoms with Gasteiger partial charge in [-0.25, -0.2) is 4.98 Å². The highest BCUT2D eigenvalue weighted by molar-refractivity contribution is 7.09. The van der Waals surface area contributed by atoms with Crippen LogP contribution < -0.4 is 10.6 Å². The van der Waals surface area contributed by atoms with Crippen LogP contribution in [0.25, 0.3) is 0 Å². The molecular formula is C12H23Cl2N3OS. The second kappa shape index (κ2) is 9.10. The van der Waals surface area contributed by atoms with E-state index in [4.69, 9.17) is 0 Å². The molecule has 1 atom stereocenters. The van der Waals surface area contributed by atoms with Crippen molar-refractivity contribution >= 4 is 36.2 Å². The lowest BCUT2D eigenvalue weighted by molar-refractivity contribution is 0.0613. The van der Waals surface area contributed by atoms with Crippen LogP contribution in [0, 0.1) is 6.92 Å². The highest BCUT2D eigenvalue weighted by atomic mass is 35.5. The molecule has 1 aliphatic rings. The van der Waals surface area contributed by atoms with Crippen LogP contribution >= 0.6 is 36.2 Å². The largest absolute Gasteiger partial charge is 0.387 e. The molecule has 0 aliphatic carbocycles. The summed E-state index contributed by atoms with van der Waals surface area (Å²) in [6, 6.07) is 0. The number of halogens is 2. The predicted molar refractivity (Wildman–Crippen MR) is 85.0 cm³/mol. The lowest BCUT2D eigenvalue weighted by atomic mass is 10.0. The van der Waals surface area contributed by atoms with Crippen molar-refractivity contribution in [1.82, 2.24) is 15.6 Å². The standard InChI is InChI=1S/C12H21N3OS.2ClH/c1-10-7-17-11(15-10)3-2-5-13-8-12(16)4-6-14-9-12;;/h7,13-14,16H,2-6,8-9H2,1H3;2*1H. The molecule has 3 N–H and O–H groups in total. The Labute approximate surface area is 131 Å². The van der Waals surface area contributed by atoms with Gasteiger partial charge in [0.05, 0.1) is 10.6 Å². The Hall–Kier alpha value is 0.0900. The molecule has 1 fully saturated rings. The van der Waals surface area contributed by atoms with Gasteiger partial charge in [-0.15, -0.1) is 36.2 Å². The second-order valence-electron chi connectivity index (χ2n) is 4.81. The van der Waals surface area contributed by atoms with Crippen LogP contribution in [0.3, 0.4) is 0 Å². The Morgan fingerprint density at radius 1 is 1.53 bits per heavy atom. The minimum absolute atomic E-state index is 0. The van der Waals surface area contributed by atoms with Crippen molar-refractivity contribution in [3.8, 4) is 0 Å². The summed E-state index contributed by atoms with van der Waals surface area (Å²) in [6.45, 7) is 5.31. The normalized spacial score (nSPS) is 21.8. The minimum atomic E-state index is -0.530. The molecule has 0 spiro atoms. The fourth-order valence-corrected chi connectivity index (χ4v) is 2.90. The first-order chi connectivity index (χ1) is 8.18. The van der Waals surface area contributed by atoms with Crippen LogP contribution in [-0.2, 0) is 6.42 Å². The predicted octanol–water partition coefficient (Wildman–Crippen LogP) is 1.54. The van der Waals surface area contributed by atoms with Gasteiger partial charge in [-0.05, 0) is 32.9 Å². The number of nitrogens with zero attached hydrogens (tertiary/aromatic N) is 1. The van der Waals surface area contributed by atoms with Gasteiger partial charge in [0.15, 0.2) is 0 Å². The van der Waals surface area contributed by atoms with Crippen molar-refractivity contribution in [2.45, 2.75) is 31.8 Å². The highest BCUT2D eigenvalue weighted by Crippen LogP contribution is 2.13. The third kappa shape index (κ3) is 6.38. The topological polar surface area (TPSA) is 57.2 Å². The van der Waals surface area contributed by atoms with Gasteiger partial charge in [-0.2, -0.15) is 0 Å². The number of β-amino-alcohol motifs (C(OH)–C–C–N with tert-alkyl or cyclic N) is 1. The summed E-state index contributed by atoms with van der Waals surface area (Å²) < 4.78 is 0. The molecule has 0 saturated carbocycles. The van der Waals surface area contributed by atoms with E-state index in [1.165, 1.54) is 5.01 Å². The maximum atomic E-state index is 10.1. The van der Waals surface area contributed by atoms with Gasteiger partial charge in [-0.1, -0.05) is 0 Å². The molecule has 1 aromatic rings. The maximum absolute atomic E-state index is 10.1. The fourth-order valence-electron chi connectivity index (χ4n) is 2.08. The van der Waals surface area contributed by atoms with Crippen LogP contribution in [0.2, 0.25) is 0 Å². The molecule has 1 saturated heterocycles. The SMILES string of the molecule is Cc1csc(CCCNCC2(O)CCNC2)n1.Cl.Cl. The smallest absolute Gasteiger partial charge is 0.0928 e. The third-order valence-corrected chi connectivity index (χ3v) is 4.11. The zero-order valence-electron chi connectivity index (χ0n) is 11.1. The first kappa shape index (κ1) is 19.1. The van der Waals surface area contributed by atoms with Crippen molar-refractivity contribution in [3.63, 3.8) is 0 Å². The number of hydrogen-bond donors (Lipinski definition) is 3. The van der Waals surface area contributed by atoms with Gasteiger partial charge in [0.25, 0.3) is 0 Å². The van der Waals surface area contributed by atoms with Crippen LogP contribution in [0.5, 0.6) is 0 Å². The molecular weight excluding hydrogens is 305 g/mol. The van der Waals surface area contributed by atoms with E-state index in [2.05, 4.69) is 21.0 Å². The van der Waals surface area contributed by atoms with E-state index in [1.807, 2.05) is 6.92 Å². The Balaban J connectivity index is 0.00000162. The summed E-state index contributed by atoms with van der Waals surface area (Å²) >= 11 is 1.73. The number of thiazole rings is 1. The number of aliphatic hydroxyl groups is 1. The number of aromatic nitrogens is 1. The number of hydrogen-bond acceptors (Lipinski definition) is 5. The molecule has 19 heavy (non-hydrogen) atoms. The monoisotopic (exact) mass is 327 g/mol. The molecule has 1 aromatic heterocycles. The summed E-state index contributed by atoms with van der Waals surface area (Å²) in [4.78, 5) is 4.43. The van der Waals surface area contributed by atoms with E-state index in [1.54, 1.807) is 11.3 Å². The van der Waals surface area contributed by atoms with Crippen LogP contribution in [-0.4, -0.2) is 41.9 Å². The van der Waals surface area contributed by atoms with Gasteiger partial charge in [0, 0.05) is 30.6 Å². The van der Waals surface area contributed by atoms with Gasteiger partial charge in [0.1, 0.15) is 0 Å². The van der Waals surface area contributed by atoms with E-state index in [9.17, 15) is 5.11 Å². The molecule has 0 amide bonds. The summed E-state index contributed by atoms with van der Waals surface area (Å²) in [5.74, 6) is 0. The molecule has 4 nitrogen and oxygen atoms in total. The zero-order chi connectivity index (χ0) is 12.1. The van der Waals surface area contributed by atoms with Crippen LogP contribution in [0.1, 0.15) is 23.5 Å². The van der Waals surface area contributed by atoms with E-state index in [0.29, 0.717) is 13.1 Å². The average molecular weight is 328 g/mol. The quantitative estimate of drug-likeness (QED) is 0.694. The number of nitrogens with one attached hydrogen (secondary N) is 2. The maximum Gasteiger partial charge on any atom is 0.0928 e. The first-order valence-electron chi connectivity index (χ1n) is 6.23. The Kier molecular flexibility index (Phi) is 9.15. The molecule has 1 unspecified atom stereocenters. The average Bonchev–Trinajstić information content (AvgIpc) is 2.88. The lowest BCUT2D eigenvalue weighted by Crippen LogP contribution is -2.42. The molecule has 0 aromatic carbocycles. The fraction of sp³-hybridized carbons (Fsp3) is 0.750.